The Balaban J connectivity index is 1.83. The summed E-state index contributed by atoms with van der Waals surface area (Å²) in [7, 11) is 0. The summed E-state index contributed by atoms with van der Waals surface area (Å²) in [5.74, 6) is -0.481. The van der Waals surface area contributed by atoms with Crippen LogP contribution in [-0.4, -0.2) is 17.4 Å². The number of benzene rings is 2. The molecule has 0 saturated heterocycles. The molecule has 1 aromatic heterocycles. The Labute approximate surface area is 154 Å². The topological polar surface area (TPSA) is 72.8 Å². The number of carbonyl (C=O) groups is 2. The van der Waals surface area contributed by atoms with Crippen molar-refractivity contribution in [3.63, 3.8) is 0 Å². The number of carbonyl (C=O) groups excluding carboxylic acids is 1. The van der Waals surface area contributed by atoms with Crippen molar-refractivity contribution in [1.29, 1.82) is 0 Å². The summed E-state index contributed by atoms with van der Waals surface area (Å²) in [5.41, 5.74) is 1.78. The second kappa shape index (κ2) is 8.31. The van der Waals surface area contributed by atoms with Crippen LogP contribution >= 0.6 is 11.3 Å². The van der Waals surface area contributed by atoms with Crippen LogP contribution in [0.2, 0.25) is 0 Å². The third-order valence-electron chi connectivity index (χ3n) is 3.67. The minimum atomic E-state index is -1.22. The maximum absolute atomic E-state index is 11.6. The summed E-state index contributed by atoms with van der Waals surface area (Å²) in [6.45, 7) is 0.379. The lowest BCUT2D eigenvalue weighted by atomic mass is 10.1. The predicted molar refractivity (Wildman–Crippen MR) is 97.9 cm³/mol. The Hall–Kier alpha value is -3.12. The van der Waals surface area contributed by atoms with Crippen LogP contribution in [0.3, 0.4) is 0 Å². The highest BCUT2D eigenvalue weighted by Crippen LogP contribution is 2.29. The lowest BCUT2D eigenvalue weighted by molar-refractivity contribution is -0.145. The van der Waals surface area contributed by atoms with Gasteiger partial charge in [-0.25, -0.2) is 4.79 Å². The lowest BCUT2D eigenvalue weighted by Crippen LogP contribution is -2.18. The van der Waals surface area contributed by atoms with E-state index in [4.69, 9.17) is 9.47 Å². The molecule has 0 amide bonds. The van der Waals surface area contributed by atoms with Crippen LogP contribution in [0.15, 0.2) is 65.4 Å². The predicted octanol–water partition coefficient (Wildman–Crippen LogP) is 4.34. The van der Waals surface area contributed by atoms with Gasteiger partial charge in [0.2, 0.25) is 6.10 Å². The molecule has 132 valence electrons. The first kappa shape index (κ1) is 17.7. The molecule has 1 heterocycles. The minimum Gasteiger partial charge on any atom is -0.489 e. The van der Waals surface area contributed by atoms with E-state index >= 15 is 0 Å². The van der Waals surface area contributed by atoms with Gasteiger partial charge in [0.15, 0.2) is 6.29 Å². The highest BCUT2D eigenvalue weighted by Gasteiger charge is 2.23. The minimum absolute atomic E-state index is 0.166. The summed E-state index contributed by atoms with van der Waals surface area (Å²) in [6.07, 6.45) is -0.593. The first-order chi connectivity index (χ1) is 12.7. The van der Waals surface area contributed by atoms with Crippen molar-refractivity contribution in [3.8, 4) is 11.5 Å². The van der Waals surface area contributed by atoms with Crippen LogP contribution in [0.1, 0.15) is 27.6 Å². The molecule has 1 atom stereocenters. The monoisotopic (exact) mass is 368 g/mol. The molecular weight excluding hydrogens is 352 g/mol. The summed E-state index contributed by atoms with van der Waals surface area (Å²) in [4.78, 5) is 22.9. The van der Waals surface area contributed by atoms with Gasteiger partial charge >= 0.3 is 5.97 Å². The van der Waals surface area contributed by atoms with Crippen LogP contribution < -0.4 is 9.47 Å². The number of carboxylic acid groups (broad SMARTS) is 1. The standard InChI is InChI=1S/C20H16O5S/c21-11-16-6-7-17(24-12-14-8-9-26-13-14)10-18(16)25-19(20(22)23)15-4-2-1-3-5-15/h1-11,13,19H,12H2,(H,22,23). The van der Waals surface area contributed by atoms with E-state index in [9.17, 15) is 14.7 Å². The normalized spacial score (nSPS) is 11.5. The maximum Gasteiger partial charge on any atom is 0.349 e. The van der Waals surface area contributed by atoms with Gasteiger partial charge in [-0.3, -0.25) is 4.79 Å². The molecule has 0 saturated carbocycles. The van der Waals surface area contributed by atoms with Crippen LogP contribution in [0, 0.1) is 0 Å². The van der Waals surface area contributed by atoms with Crippen molar-refractivity contribution in [2.75, 3.05) is 0 Å². The van der Waals surface area contributed by atoms with E-state index in [1.54, 1.807) is 53.8 Å². The fourth-order valence-corrected chi connectivity index (χ4v) is 3.01. The molecule has 3 aromatic rings. The zero-order valence-corrected chi connectivity index (χ0v) is 14.5. The molecule has 0 fully saturated rings. The third-order valence-corrected chi connectivity index (χ3v) is 4.40. The van der Waals surface area contributed by atoms with E-state index in [1.165, 1.54) is 6.07 Å². The molecule has 26 heavy (non-hydrogen) atoms. The smallest absolute Gasteiger partial charge is 0.349 e. The number of ether oxygens (including phenoxy) is 2. The van der Waals surface area contributed by atoms with Crippen LogP contribution in [0.5, 0.6) is 11.5 Å². The Kier molecular flexibility index (Phi) is 5.66. The second-order valence-electron chi connectivity index (χ2n) is 5.48. The maximum atomic E-state index is 11.6. The van der Waals surface area contributed by atoms with E-state index in [0.29, 0.717) is 24.2 Å². The largest absolute Gasteiger partial charge is 0.489 e. The lowest BCUT2D eigenvalue weighted by Gasteiger charge is -2.17. The van der Waals surface area contributed by atoms with Crippen molar-refractivity contribution in [3.05, 3.63) is 82.0 Å². The fraction of sp³-hybridized carbons (Fsp3) is 0.100. The van der Waals surface area contributed by atoms with Gasteiger partial charge in [-0.1, -0.05) is 30.3 Å². The van der Waals surface area contributed by atoms with E-state index in [2.05, 4.69) is 0 Å². The van der Waals surface area contributed by atoms with Gasteiger partial charge in [-0.2, -0.15) is 11.3 Å². The van der Waals surface area contributed by atoms with Crippen LogP contribution in [-0.2, 0) is 11.4 Å². The quantitative estimate of drug-likeness (QED) is 0.599. The Morgan fingerprint density at radius 1 is 1.15 bits per heavy atom. The molecular formula is C20H16O5S. The van der Waals surface area contributed by atoms with Gasteiger partial charge in [-0.15, -0.1) is 0 Å². The van der Waals surface area contributed by atoms with E-state index in [0.717, 1.165) is 5.56 Å². The van der Waals surface area contributed by atoms with Crippen molar-refractivity contribution in [1.82, 2.24) is 0 Å². The molecule has 2 aromatic carbocycles. The Morgan fingerprint density at radius 3 is 2.62 bits per heavy atom. The van der Waals surface area contributed by atoms with Crippen LogP contribution in [0.25, 0.3) is 0 Å². The molecule has 0 aliphatic carbocycles. The second-order valence-corrected chi connectivity index (χ2v) is 6.26. The number of aldehydes is 1. The molecule has 0 aliphatic heterocycles. The number of hydrogen-bond donors (Lipinski definition) is 1. The molecule has 0 bridgehead atoms. The SMILES string of the molecule is O=Cc1ccc(OCc2ccsc2)cc1OC(C(=O)O)c1ccccc1. The van der Waals surface area contributed by atoms with E-state index < -0.39 is 12.1 Å². The first-order valence-corrected chi connectivity index (χ1v) is 8.79. The molecule has 6 heteroatoms. The van der Waals surface area contributed by atoms with E-state index in [1.807, 2.05) is 16.8 Å². The molecule has 1 N–H and O–H groups in total. The van der Waals surface area contributed by atoms with Gasteiger partial charge in [0.25, 0.3) is 0 Å². The average Bonchev–Trinajstić information content (AvgIpc) is 3.18. The van der Waals surface area contributed by atoms with Crippen molar-refractivity contribution in [2.24, 2.45) is 0 Å². The van der Waals surface area contributed by atoms with Gasteiger partial charge in [-0.05, 0) is 34.5 Å². The zero-order chi connectivity index (χ0) is 18.4. The zero-order valence-electron chi connectivity index (χ0n) is 13.7. The van der Waals surface area contributed by atoms with Crippen molar-refractivity contribution < 1.29 is 24.2 Å². The fourth-order valence-electron chi connectivity index (χ4n) is 2.36. The molecule has 5 nitrogen and oxygen atoms in total. The highest BCUT2D eigenvalue weighted by molar-refractivity contribution is 7.07. The van der Waals surface area contributed by atoms with Crippen LogP contribution in [0.4, 0.5) is 0 Å². The number of hydrogen-bond acceptors (Lipinski definition) is 5. The Bertz CT molecular complexity index is 874. The number of rotatable bonds is 8. The van der Waals surface area contributed by atoms with Gasteiger partial charge in [0.05, 0.1) is 5.56 Å². The summed E-state index contributed by atoms with van der Waals surface area (Å²) in [5, 5.41) is 13.4. The van der Waals surface area contributed by atoms with Crippen molar-refractivity contribution in [2.45, 2.75) is 12.7 Å². The van der Waals surface area contributed by atoms with Crippen molar-refractivity contribution >= 4 is 23.6 Å². The summed E-state index contributed by atoms with van der Waals surface area (Å²) < 4.78 is 11.4. The van der Waals surface area contributed by atoms with Gasteiger partial charge in [0.1, 0.15) is 18.1 Å². The molecule has 3 rings (SSSR count). The molecule has 0 aliphatic rings. The molecule has 0 radical (unpaired) electrons. The van der Waals surface area contributed by atoms with E-state index in [-0.39, 0.29) is 11.3 Å². The summed E-state index contributed by atoms with van der Waals surface area (Å²) in [6, 6.07) is 15.3. The third kappa shape index (κ3) is 4.29. The summed E-state index contributed by atoms with van der Waals surface area (Å²) >= 11 is 1.58. The number of aliphatic carboxylic acids is 1. The Morgan fingerprint density at radius 2 is 1.96 bits per heavy atom. The van der Waals surface area contributed by atoms with Gasteiger partial charge in [0, 0.05) is 11.6 Å². The van der Waals surface area contributed by atoms with Gasteiger partial charge < -0.3 is 14.6 Å². The molecule has 1 unspecified atom stereocenters. The molecule has 0 spiro atoms. The highest BCUT2D eigenvalue weighted by atomic mass is 32.1. The average molecular weight is 368 g/mol. The number of carboxylic acids is 1. The first-order valence-electron chi connectivity index (χ1n) is 7.85. The number of thiophene rings is 1.